The van der Waals surface area contributed by atoms with Crippen LogP contribution in [0.3, 0.4) is 0 Å². The maximum absolute atomic E-state index is 15.7. The molecule has 0 spiro atoms. The predicted octanol–water partition coefficient (Wildman–Crippen LogP) is 6.08. The molecule has 378 valence electrons. The van der Waals surface area contributed by atoms with Gasteiger partial charge in [-0.25, -0.2) is 9.59 Å². The Balaban J connectivity index is 1.29. The molecular formula is C55H57NO15S. The molecule has 11 atom stereocenters. The molecule has 72 heavy (non-hydrogen) atoms. The van der Waals surface area contributed by atoms with Crippen LogP contribution in [0.5, 0.6) is 0 Å². The summed E-state index contributed by atoms with van der Waals surface area (Å²) in [4.78, 5) is 101. The van der Waals surface area contributed by atoms with E-state index >= 15 is 9.59 Å². The number of aliphatic hydroxyl groups excluding tert-OH is 1. The van der Waals surface area contributed by atoms with Crippen LogP contribution < -0.4 is 5.32 Å². The van der Waals surface area contributed by atoms with Crippen LogP contribution in [0.4, 0.5) is 0 Å². The standard InChI is InChI=1S/C55H57NO15S/c1-31-38(68-51(64)45(69-41(60)29-72-37-25-17-10-18-26-37)43(34-19-11-7-12-20-34)56-49(62)35-21-13-8-14-22-35)28-55(65)48(70-50(63)36-23-15-9-16-24-36)46-53(6,39(59)27-40-54(46,30-66-40)71-33(3)58)47(61)44(67-32(2)57)42(31)52(55,4)5/h7-26,38-40,43-46,48,59,65H,27-30H2,1-6H3,(H,56,62)/t38-,39-,40+,43-,44+,45+,46?,48?,53+,54-,55+/m0/s1. The van der Waals surface area contributed by atoms with Crippen molar-refractivity contribution in [2.75, 3.05) is 12.4 Å². The number of Topliss-reactive ketones (excluding diaryl/α,β-unsaturated/α-hetero) is 1. The smallest absolute Gasteiger partial charge is 0.350 e. The minimum atomic E-state index is -2.45. The van der Waals surface area contributed by atoms with E-state index < -0.39 is 119 Å². The molecule has 0 aromatic heterocycles. The maximum atomic E-state index is 15.7. The molecular weight excluding hydrogens is 947 g/mol. The molecule has 1 amide bonds. The summed E-state index contributed by atoms with van der Waals surface area (Å²) in [7, 11) is 0. The van der Waals surface area contributed by atoms with Gasteiger partial charge in [0.15, 0.2) is 17.5 Å². The third-order valence-corrected chi connectivity index (χ3v) is 15.8. The highest BCUT2D eigenvalue weighted by atomic mass is 32.2. The molecule has 1 saturated heterocycles. The first-order chi connectivity index (χ1) is 34.2. The largest absolute Gasteiger partial charge is 0.455 e. The average Bonchev–Trinajstić information content (AvgIpc) is 3.36. The summed E-state index contributed by atoms with van der Waals surface area (Å²) in [6, 6.07) is 32.0. The Kier molecular flexibility index (Phi) is 14.7. The molecule has 17 heteroatoms. The van der Waals surface area contributed by atoms with Crippen molar-refractivity contribution in [3.05, 3.63) is 149 Å². The molecule has 3 aliphatic carbocycles. The Labute approximate surface area is 420 Å². The number of esters is 5. The lowest BCUT2D eigenvalue weighted by Gasteiger charge is -2.67. The summed E-state index contributed by atoms with van der Waals surface area (Å²) in [5.41, 5.74) is -7.32. The van der Waals surface area contributed by atoms with Gasteiger partial charge in [0.2, 0.25) is 6.10 Å². The van der Waals surface area contributed by atoms with Gasteiger partial charge in [0.05, 0.1) is 35.4 Å². The van der Waals surface area contributed by atoms with Gasteiger partial charge in [0.25, 0.3) is 5.91 Å². The van der Waals surface area contributed by atoms with Gasteiger partial charge in [0.1, 0.15) is 30.0 Å². The summed E-state index contributed by atoms with van der Waals surface area (Å²) in [6.07, 6.45) is -10.7. The van der Waals surface area contributed by atoms with Crippen molar-refractivity contribution < 1.29 is 72.2 Å². The summed E-state index contributed by atoms with van der Waals surface area (Å²) in [5, 5.41) is 29.1. The second-order valence-corrected chi connectivity index (χ2v) is 20.5. The Hall–Kier alpha value is -6.66. The number of ketones is 1. The van der Waals surface area contributed by atoms with Crippen molar-refractivity contribution in [1.29, 1.82) is 0 Å². The first-order valence-corrected chi connectivity index (χ1v) is 24.6. The second kappa shape index (κ2) is 20.5. The molecule has 1 heterocycles. The van der Waals surface area contributed by atoms with Crippen LogP contribution in [0.15, 0.2) is 137 Å². The number of fused-ring (bicyclic) bond motifs is 5. The Morgan fingerprint density at radius 3 is 1.94 bits per heavy atom. The Bertz CT molecular complexity index is 2750. The van der Waals surface area contributed by atoms with Gasteiger partial charge in [-0.2, -0.15) is 0 Å². The van der Waals surface area contributed by atoms with Crippen LogP contribution in [-0.4, -0.2) is 112 Å². The number of hydrogen-bond donors (Lipinski definition) is 3. The lowest BCUT2D eigenvalue weighted by molar-refractivity contribution is -0.346. The third kappa shape index (κ3) is 9.46. The quantitative estimate of drug-likeness (QED) is 0.0563. The van der Waals surface area contributed by atoms with Gasteiger partial charge in [-0.1, -0.05) is 98.8 Å². The third-order valence-electron chi connectivity index (χ3n) is 14.8. The van der Waals surface area contributed by atoms with Crippen molar-refractivity contribution in [3.8, 4) is 0 Å². The molecule has 4 aliphatic rings. The van der Waals surface area contributed by atoms with E-state index in [1.807, 2.05) is 6.07 Å². The van der Waals surface area contributed by atoms with E-state index in [0.29, 0.717) is 5.56 Å². The number of hydrogen-bond acceptors (Lipinski definition) is 16. The molecule has 16 nitrogen and oxygen atoms in total. The van der Waals surface area contributed by atoms with Crippen molar-refractivity contribution in [2.45, 2.75) is 113 Å². The fourth-order valence-electron chi connectivity index (χ4n) is 11.1. The Morgan fingerprint density at radius 1 is 0.792 bits per heavy atom. The summed E-state index contributed by atoms with van der Waals surface area (Å²) >= 11 is 1.15. The highest BCUT2D eigenvalue weighted by molar-refractivity contribution is 8.00. The minimum Gasteiger partial charge on any atom is -0.455 e. The number of rotatable bonds is 14. The second-order valence-electron chi connectivity index (χ2n) is 19.4. The number of benzene rings is 4. The first-order valence-electron chi connectivity index (χ1n) is 23.6. The number of carbonyl (C=O) groups excluding carboxylic acids is 7. The number of nitrogens with one attached hydrogen (secondary N) is 1. The number of thioether (sulfide) groups is 1. The van der Waals surface area contributed by atoms with Crippen molar-refractivity contribution in [3.63, 3.8) is 0 Å². The molecule has 1 aliphatic heterocycles. The van der Waals surface area contributed by atoms with E-state index in [1.54, 1.807) is 117 Å². The zero-order valence-electron chi connectivity index (χ0n) is 40.6. The van der Waals surface area contributed by atoms with Crippen LogP contribution >= 0.6 is 11.8 Å². The van der Waals surface area contributed by atoms with E-state index in [9.17, 15) is 34.2 Å². The SMILES string of the molecule is CC(=O)O[C@H]1C(=O)[C@@]2(C)C(C(OC(=O)c3ccccc3)[C@]3(O)C[C@H](OC(=O)[C@H](OC(=O)CSc4ccccc4)[C@@H](NC(=O)c4ccccc4)c4ccccc4)C(C)=C1C3(C)C)[C@]1(OC(C)=O)CO[C@@H]1C[C@@H]2O. The van der Waals surface area contributed by atoms with Gasteiger partial charge in [0, 0.05) is 42.6 Å². The highest BCUT2D eigenvalue weighted by Crippen LogP contribution is 2.64. The molecule has 0 radical (unpaired) electrons. The van der Waals surface area contributed by atoms with Gasteiger partial charge in [-0.05, 0) is 67.0 Å². The number of amides is 1. The highest BCUT2D eigenvalue weighted by Gasteiger charge is 2.78. The normalized spacial score (nSPS) is 28.9. The van der Waals surface area contributed by atoms with Gasteiger partial charge in [-0.3, -0.25) is 24.0 Å². The molecule has 2 bridgehead atoms. The van der Waals surface area contributed by atoms with E-state index in [0.717, 1.165) is 30.5 Å². The monoisotopic (exact) mass is 1000 g/mol. The molecule has 2 unspecified atom stereocenters. The van der Waals surface area contributed by atoms with Gasteiger partial charge >= 0.3 is 29.8 Å². The van der Waals surface area contributed by atoms with Gasteiger partial charge in [-0.15, -0.1) is 11.8 Å². The molecule has 4 aromatic carbocycles. The summed E-state index contributed by atoms with van der Waals surface area (Å²) in [6.45, 7) is 7.95. The van der Waals surface area contributed by atoms with Crippen molar-refractivity contribution in [2.24, 2.45) is 16.7 Å². The van der Waals surface area contributed by atoms with Gasteiger partial charge < -0.3 is 44.0 Å². The lowest BCUT2D eigenvalue weighted by Crippen LogP contribution is -2.82. The van der Waals surface area contributed by atoms with E-state index in [-0.39, 0.29) is 41.1 Å². The topological polar surface area (TPSA) is 227 Å². The number of aliphatic hydroxyl groups is 2. The lowest BCUT2D eigenvalue weighted by atomic mass is 9.44. The predicted molar refractivity (Wildman–Crippen MR) is 259 cm³/mol. The van der Waals surface area contributed by atoms with Crippen molar-refractivity contribution in [1.82, 2.24) is 5.32 Å². The fraction of sp³-hybridized carbons (Fsp3) is 0.400. The fourth-order valence-corrected chi connectivity index (χ4v) is 11.8. The number of carbonyl (C=O) groups is 7. The maximum Gasteiger partial charge on any atom is 0.350 e. The van der Waals surface area contributed by atoms with E-state index in [2.05, 4.69) is 5.32 Å². The molecule has 3 fully saturated rings. The average molecular weight is 1000 g/mol. The number of ether oxygens (including phenoxy) is 6. The molecule has 2 saturated carbocycles. The van der Waals surface area contributed by atoms with E-state index in [4.69, 9.17) is 28.4 Å². The molecule has 8 rings (SSSR count). The van der Waals surface area contributed by atoms with Crippen LogP contribution in [-0.2, 0) is 52.4 Å². The molecule has 3 N–H and O–H groups in total. The summed E-state index contributed by atoms with van der Waals surface area (Å²) < 4.78 is 37.0. The van der Waals surface area contributed by atoms with Crippen molar-refractivity contribution >= 4 is 53.3 Å². The van der Waals surface area contributed by atoms with Crippen LogP contribution in [0.1, 0.15) is 86.7 Å². The van der Waals surface area contributed by atoms with Crippen LogP contribution in [0.2, 0.25) is 0 Å². The van der Waals surface area contributed by atoms with E-state index in [1.165, 1.54) is 26.0 Å². The first kappa shape index (κ1) is 51.7. The van der Waals surface area contributed by atoms with Crippen LogP contribution in [0.25, 0.3) is 0 Å². The van der Waals surface area contributed by atoms with Crippen LogP contribution in [0, 0.1) is 16.7 Å². The summed E-state index contributed by atoms with van der Waals surface area (Å²) in [5.74, 6) is -8.04. The molecule has 4 aromatic rings. The minimum absolute atomic E-state index is 0.0276. The zero-order chi connectivity index (χ0) is 51.8. The zero-order valence-corrected chi connectivity index (χ0v) is 41.4. The Morgan fingerprint density at radius 2 is 1.38 bits per heavy atom.